The maximum atomic E-state index is 12.6. The third-order valence-electron chi connectivity index (χ3n) is 5.87. The molecule has 3 N–H and O–H groups in total. The maximum Gasteiger partial charge on any atom is 0.349 e. The summed E-state index contributed by atoms with van der Waals surface area (Å²) in [6, 6.07) is 7.51. The van der Waals surface area contributed by atoms with E-state index in [0.717, 1.165) is 48.4 Å². The average molecular weight is 420 g/mol. The monoisotopic (exact) mass is 419 g/mol. The highest BCUT2D eigenvalue weighted by atomic mass is 35.5. The molecule has 0 bridgehead atoms. The zero-order valence-electron chi connectivity index (χ0n) is 15.9. The number of piperidine rings is 1. The summed E-state index contributed by atoms with van der Waals surface area (Å²) in [7, 11) is 0. The summed E-state index contributed by atoms with van der Waals surface area (Å²) in [5.41, 5.74) is 8.93. The number of nitrogens with two attached hydrogens (primary N) is 1. The maximum absolute atomic E-state index is 12.6. The van der Waals surface area contributed by atoms with Crippen LogP contribution in [-0.2, 0) is 0 Å². The molecular weight excluding hydrogens is 397 g/mol. The second-order valence-electron chi connectivity index (χ2n) is 7.85. The summed E-state index contributed by atoms with van der Waals surface area (Å²) in [4.78, 5) is 14.8. The van der Waals surface area contributed by atoms with E-state index in [0.29, 0.717) is 22.2 Å². The first-order valence-corrected chi connectivity index (χ1v) is 10.1. The minimum Gasteiger partial charge on any atom is -0.358 e. The Morgan fingerprint density at radius 1 is 1.29 bits per heavy atom. The zero-order valence-corrected chi connectivity index (χ0v) is 17.4. The topological polar surface area (TPSA) is 79.4 Å². The number of pyridine rings is 1. The van der Waals surface area contributed by atoms with E-state index in [1.165, 1.54) is 0 Å². The highest BCUT2D eigenvalue weighted by Gasteiger charge is 2.30. The van der Waals surface area contributed by atoms with Crippen LogP contribution in [0.25, 0.3) is 16.8 Å². The molecule has 1 aliphatic rings. The van der Waals surface area contributed by atoms with Crippen molar-refractivity contribution in [1.29, 1.82) is 0 Å². The van der Waals surface area contributed by atoms with Crippen LogP contribution >= 0.6 is 23.2 Å². The second kappa shape index (κ2) is 7.10. The minimum atomic E-state index is -0.267. The molecular formula is C20H23Cl2N5O. The van der Waals surface area contributed by atoms with Gasteiger partial charge in [-0.3, -0.25) is 0 Å². The van der Waals surface area contributed by atoms with Crippen LogP contribution in [0.2, 0.25) is 10.0 Å². The number of nitrogens with zero attached hydrogens (tertiary/aromatic N) is 3. The molecule has 4 rings (SSSR count). The fourth-order valence-corrected chi connectivity index (χ4v) is 4.32. The van der Waals surface area contributed by atoms with Gasteiger partial charge in [0.25, 0.3) is 0 Å². The third kappa shape index (κ3) is 3.09. The average Bonchev–Trinajstić information content (AvgIpc) is 3.06. The quantitative estimate of drug-likeness (QED) is 0.674. The standard InChI is InChI=1S/C20H23Cl2N5O/c1-12-10-15(26-8-6-20(2,11-23)7-9-26)27-18(24-25-19(27)28)16(12)13-4-3-5-14(21)17(13)22/h3-5,10H,6-9,11,23H2,1-2H3,(H,25,28). The van der Waals surface area contributed by atoms with E-state index in [1.807, 2.05) is 25.1 Å². The Hall–Kier alpha value is -2.02. The number of aryl methyl sites for hydroxylation is 1. The predicted octanol–water partition coefficient (Wildman–Crippen LogP) is 3.87. The minimum absolute atomic E-state index is 0.153. The van der Waals surface area contributed by atoms with Gasteiger partial charge >= 0.3 is 5.69 Å². The van der Waals surface area contributed by atoms with Crippen LogP contribution in [0.4, 0.5) is 5.82 Å². The Balaban J connectivity index is 1.87. The van der Waals surface area contributed by atoms with Crippen LogP contribution in [-0.4, -0.2) is 34.2 Å². The van der Waals surface area contributed by atoms with Crippen LogP contribution in [0.3, 0.4) is 0 Å². The van der Waals surface area contributed by atoms with Gasteiger partial charge in [0.15, 0.2) is 5.65 Å². The van der Waals surface area contributed by atoms with E-state index < -0.39 is 0 Å². The summed E-state index contributed by atoms with van der Waals surface area (Å²) >= 11 is 12.7. The molecule has 1 saturated heterocycles. The molecule has 3 aromatic rings. The molecule has 0 atom stereocenters. The van der Waals surface area contributed by atoms with Crippen molar-refractivity contribution in [2.24, 2.45) is 11.1 Å². The van der Waals surface area contributed by atoms with Gasteiger partial charge in [-0.2, -0.15) is 5.10 Å². The lowest BCUT2D eigenvalue weighted by atomic mass is 9.80. The van der Waals surface area contributed by atoms with Crippen LogP contribution in [0, 0.1) is 12.3 Å². The van der Waals surface area contributed by atoms with Crippen molar-refractivity contribution in [2.75, 3.05) is 24.5 Å². The van der Waals surface area contributed by atoms with E-state index in [2.05, 4.69) is 22.0 Å². The predicted molar refractivity (Wildman–Crippen MR) is 115 cm³/mol. The largest absolute Gasteiger partial charge is 0.358 e. The Bertz CT molecular complexity index is 1100. The fourth-order valence-electron chi connectivity index (χ4n) is 3.93. The van der Waals surface area contributed by atoms with Crippen molar-refractivity contribution in [2.45, 2.75) is 26.7 Å². The Morgan fingerprint density at radius 3 is 2.68 bits per heavy atom. The molecule has 1 aromatic carbocycles. The number of benzene rings is 1. The smallest absolute Gasteiger partial charge is 0.349 e. The number of anilines is 1. The van der Waals surface area contributed by atoms with Gasteiger partial charge in [0.2, 0.25) is 0 Å². The van der Waals surface area contributed by atoms with Gasteiger partial charge in [-0.05, 0) is 49.4 Å². The molecule has 1 fully saturated rings. The Kier molecular flexibility index (Phi) is 4.89. The summed E-state index contributed by atoms with van der Waals surface area (Å²) in [6.45, 7) is 6.59. The lowest BCUT2D eigenvalue weighted by Gasteiger charge is -2.39. The van der Waals surface area contributed by atoms with E-state index >= 15 is 0 Å². The summed E-state index contributed by atoms with van der Waals surface area (Å²) < 4.78 is 1.63. The number of aromatic nitrogens is 3. The van der Waals surface area contributed by atoms with Gasteiger partial charge < -0.3 is 10.6 Å². The summed E-state index contributed by atoms with van der Waals surface area (Å²) in [6.07, 6.45) is 1.97. The molecule has 6 nitrogen and oxygen atoms in total. The van der Waals surface area contributed by atoms with E-state index in [1.54, 1.807) is 10.5 Å². The first-order chi connectivity index (χ1) is 13.3. The zero-order chi connectivity index (χ0) is 20.1. The van der Waals surface area contributed by atoms with Crippen molar-refractivity contribution in [3.63, 3.8) is 0 Å². The number of H-pyrrole nitrogens is 1. The lowest BCUT2D eigenvalue weighted by Crippen LogP contribution is -2.43. The van der Waals surface area contributed by atoms with Gasteiger partial charge in [0.1, 0.15) is 5.82 Å². The number of fused-ring (bicyclic) bond motifs is 1. The number of nitrogens with one attached hydrogen (secondary N) is 1. The van der Waals surface area contributed by atoms with E-state index in [9.17, 15) is 4.79 Å². The Morgan fingerprint density at radius 2 is 2.00 bits per heavy atom. The lowest BCUT2D eigenvalue weighted by molar-refractivity contribution is 0.257. The van der Waals surface area contributed by atoms with Crippen LogP contribution < -0.4 is 16.3 Å². The molecule has 0 radical (unpaired) electrons. The molecule has 0 saturated carbocycles. The number of aromatic amines is 1. The van der Waals surface area contributed by atoms with E-state index in [4.69, 9.17) is 28.9 Å². The number of hydrogen-bond donors (Lipinski definition) is 2. The molecule has 0 aliphatic carbocycles. The normalized spacial score (nSPS) is 16.7. The fraction of sp³-hybridized carbons (Fsp3) is 0.400. The SMILES string of the molecule is Cc1cc(N2CCC(C)(CN)CC2)n2c(=O)[nH]nc2c1-c1cccc(Cl)c1Cl. The van der Waals surface area contributed by atoms with Crippen LogP contribution in [0.1, 0.15) is 25.3 Å². The molecule has 0 spiro atoms. The molecule has 0 amide bonds. The molecule has 2 aromatic heterocycles. The van der Waals surface area contributed by atoms with Crippen LogP contribution in [0.5, 0.6) is 0 Å². The van der Waals surface area contributed by atoms with Gasteiger partial charge in [0, 0.05) is 24.2 Å². The van der Waals surface area contributed by atoms with Crippen LogP contribution in [0.15, 0.2) is 29.1 Å². The number of rotatable bonds is 3. The molecule has 8 heteroatoms. The van der Waals surface area contributed by atoms with Gasteiger partial charge in [-0.15, -0.1) is 0 Å². The highest BCUT2D eigenvalue weighted by molar-refractivity contribution is 6.43. The summed E-state index contributed by atoms with van der Waals surface area (Å²) in [5.74, 6) is 0.840. The Labute approximate surface area is 173 Å². The molecule has 148 valence electrons. The van der Waals surface area contributed by atoms with Crippen molar-refractivity contribution in [3.05, 3.63) is 50.4 Å². The molecule has 1 aliphatic heterocycles. The first-order valence-electron chi connectivity index (χ1n) is 9.35. The molecule has 0 unspecified atom stereocenters. The second-order valence-corrected chi connectivity index (χ2v) is 8.64. The third-order valence-corrected chi connectivity index (χ3v) is 6.69. The van der Waals surface area contributed by atoms with E-state index in [-0.39, 0.29) is 11.1 Å². The van der Waals surface area contributed by atoms with Crippen molar-refractivity contribution < 1.29 is 0 Å². The van der Waals surface area contributed by atoms with Gasteiger partial charge in [-0.1, -0.05) is 42.3 Å². The van der Waals surface area contributed by atoms with Crippen molar-refractivity contribution in [3.8, 4) is 11.1 Å². The highest BCUT2D eigenvalue weighted by Crippen LogP contribution is 2.39. The first kappa shape index (κ1) is 19.3. The van der Waals surface area contributed by atoms with Gasteiger partial charge in [0.05, 0.1) is 10.0 Å². The number of hydrogen-bond acceptors (Lipinski definition) is 4. The molecule has 28 heavy (non-hydrogen) atoms. The van der Waals surface area contributed by atoms with Crippen molar-refractivity contribution in [1.82, 2.24) is 14.6 Å². The molecule has 3 heterocycles. The van der Waals surface area contributed by atoms with Crippen molar-refractivity contribution >= 4 is 34.7 Å². The summed E-state index contributed by atoms with van der Waals surface area (Å²) in [5, 5.41) is 7.81. The number of halogens is 2. The van der Waals surface area contributed by atoms with Gasteiger partial charge in [-0.25, -0.2) is 14.3 Å².